The minimum atomic E-state index is 0.593. The van der Waals surface area contributed by atoms with Crippen molar-refractivity contribution in [3.8, 4) is 27.6 Å². The molecular weight excluding hydrogens is 294 g/mol. The van der Waals surface area contributed by atoms with Gasteiger partial charge in [0.2, 0.25) is 0 Å². The van der Waals surface area contributed by atoms with E-state index in [0.717, 1.165) is 27.6 Å². The van der Waals surface area contributed by atoms with Gasteiger partial charge in [0.1, 0.15) is 5.75 Å². The molecule has 2 heterocycles. The summed E-state index contributed by atoms with van der Waals surface area (Å²) in [6, 6.07) is 7.96. The van der Waals surface area contributed by atoms with E-state index in [-0.39, 0.29) is 0 Å². The van der Waals surface area contributed by atoms with Gasteiger partial charge < -0.3 is 4.74 Å². The molecule has 0 spiro atoms. The summed E-state index contributed by atoms with van der Waals surface area (Å²) >= 11 is 1.61. The molecule has 0 atom stereocenters. The van der Waals surface area contributed by atoms with Gasteiger partial charge in [0.25, 0.3) is 0 Å². The monoisotopic (exact) mass is 308 g/mol. The molecule has 3 aromatic rings. The van der Waals surface area contributed by atoms with Gasteiger partial charge in [-0.15, -0.1) is 11.3 Å². The summed E-state index contributed by atoms with van der Waals surface area (Å²) in [5.41, 5.74) is 6.09. The quantitative estimate of drug-likeness (QED) is 0.732. The van der Waals surface area contributed by atoms with Crippen molar-refractivity contribution in [2.75, 3.05) is 7.11 Å². The van der Waals surface area contributed by atoms with Gasteiger partial charge >= 0.3 is 0 Å². The number of ether oxygens (including phenoxy) is 1. The van der Waals surface area contributed by atoms with Crippen molar-refractivity contribution < 1.29 is 4.74 Å². The highest BCUT2D eigenvalue weighted by atomic mass is 32.1. The third-order valence-corrected chi connectivity index (χ3v) is 4.69. The number of rotatable bonds is 4. The molecule has 1 saturated carbocycles. The van der Waals surface area contributed by atoms with Gasteiger partial charge in [-0.2, -0.15) is 0 Å². The molecule has 0 saturated heterocycles. The summed E-state index contributed by atoms with van der Waals surface area (Å²) in [5.74, 6) is 1.44. The van der Waals surface area contributed by atoms with Crippen LogP contribution in [0.1, 0.15) is 24.3 Å². The molecule has 2 aromatic heterocycles. The van der Waals surface area contributed by atoms with Crippen molar-refractivity contribution in [2.45, 2.75) is 18.8 Å². The Morgan fingerprint density at radius 2 is 2.00 bits per heavy atom. The summed E-state index contributed by atoms with van der Waals surface area (Å²) < 4.78 is 5.22. The zero-order chi connectivity index (χ0) is 14.9. The first-order chi connectivity index (χ1) is 10.9. The normalized spacial score (nSPS) is 14.0. The first-order valence-corrected chi connectivity index (χ1v) is 8.06. The van der Waals surface area contributed by atoms with Crippen LogP contribution < -0.4 is 4.74 Å². The molecular formula is C17H14N3OS. The number of thiazole rings is 1. The molecule has 1 aliphatic carbocycles. The van der Waals surface area contributed by atoms with Crippen LogP contribution in [0.15, 0.2) is 36.0 Å². The molecule has 0 amide bonds. The molecule has 1 aliphatic rings. The Bertz CT molecular complexity index is 794. The van der Waals surface area contributed by atoms with E-state index < -0.39 is 0 Å². The minimum Gasteiger partial charge on any atom is -0.497 e. The van der Waals surface area contributed by atoms with Gasteiger partial charge in [0.15, 0.2) is 6.33 Å². The Morgan fingerprint density at radius 1 is 1.18 bits per heavy atom. The second-order valence-corrected chi connectivity index (χ2v) is 6.16. The van der Waals surface area contributed by atoms with Gasteiger partial charge in [0.05, 0.1) is 28.9 Å². The van der Waals surface area contributed by atoms with Crippen molar-refractivity contribution in [2.24, 2.45) is 0 Å². The standard InChI is InChI=1S/C17H14N3OS/c1-21-13-6-4-12(5-7-13)15-17(22-10-20-15)16-14(11-2-3-11)8-18-9-19-16/h4-8,10-11H,2-3H2,1H3. The number of hydrogen-bond donors (Lipinski definition) is 0. The van der Waals surface area contributed by atoms with Crippen LogP contribution in [0, 0.1) is 6.33 Å². The van der Waals surface area contributed by atoms with Crippen LogP contribution in [0.25, 0.3) is 21.8 Å². The van der Waals surface area contributed by atoms with Gasteiger partial charge in [-0.05, 0) is 43.0 Å². The van der Waals surface area contributed by atoms with Crippen molar-refractivity contribution in [3.63, 3.8) is 0 Å². The molecule has 22 heavy (non-hydrogen) atoms. The van der Waals surface area contributed by atoms with E-state index in [1.807, 2.05) is 36.0 Å². The molecule has 0 N–H and O–H groups in total. The molecule has 0 aliphatic heterocycles. The van der Waals surface area contributed by atoms with Gasteiger partial charge in [-0.1, -0.05) is 0 Å². The van der Waals surface area contributed by atoms with Crippen molar-refractivity contribution >= 4 is 11.3 Å². The fourth-order valence-electron chi connectivity index (χ4n) is 2.55. The van der Waals surface area contributed by atoms with Crippen molar-refractivity contribution in [1.29, 1.82) is 0 Å². The summed E-state index contributed by atoms with van der Waals surface area (Å²) in [7, 11) is 1.67. The molecule has 4 rings (SSSR count). The number of methoxy groups -OCH3 is 1. The average molecular weight is 308 g/mol. The highest BCUT2D eigenvalue weighted by molar-refractivity contribution is 7.13. The molecule has 1 radical (unpaired) electrons. The smallest absolute Gasteiger partial charge is 0.198 e. The summed E-state index contributed by atoms with van der Waals surface area (Å²) in [5, 5.41) is 0. The first kappa shape index (κ1) is 13.4. The number of benzene rings is 1. The fourth-order valence-corrected chi connectivity index (χ4v) is 3.37. The Hall–Kier alpha value is -2.27. The minimum absolute atomic E-state index is 0.593. The van der Waals surface area contributed by atoms with Crippen LogP contribution in [0.2, 0.25) is 0 Å². The summed E-state index contributed by atoms with van der Waals surface area (Å²) in [6.45, 7) is 0. The summed E-state index contributed by atoms with van der Waals surface area (Å²) in [4.78, 5) is 14.1. The largest absolute Gasteiger partial charge is 0.497 e. The lowest BCUT2D eigenvalue weighted by molar-refractivity contribution is 0.415. The van der Waals surface area contributed by atoms with E-state index in [1.54, 1.807) is 18.4 Å². The average Bonchev–Trinajstić information content (AvgIpc) is 3.32. The lowest BCUT2D eigenvalue weighted by Gasteiger charge is -2.07. The van der Waals surface area contributed by atoms with E-state index in [0.29, 0.717) is 5.92 Å². The number of aromatic nitrogens is 3. The molecule has 0 bridgehead atoms. The predicted octanol–water partition coefficient (Wildman–Crippen LogP) is 3.95. The highest BCUT2D eigenvalue weighted by Crippen LogP contribution is 2.45. The van der Waals surface area contributed by atoms with E-state index in [9.17, 15) is 0 Å². The molecule has 109 valence electrons. The zero-order valence-electron chi connectivity index (χ0n) is 12.1. The topological polar surface area (TPSA) is 47.9 Å². The second-order valence-electron chi connectivity index (χ2n) is 5.31. The van der Waals surface area contributed by atoms with Gasteiger partial charge in [-0.25, -0.2) is 15.0 Å². The van der Waals surface area contributed by atoms with Crippen LogP contribution in [0.4, 0.5) is 0 Å². The van der Waals surface area contributed by atoms with Crippen LogP contribution in [-0.4, -0.2) is 22.1 Å². The number of hydrogen-bond acceptors (Lipinski definition) is 5. The lowest BCUT2D eigenvalue weighted by atomic mass is 10.1. The maximum atomic E-state index is 5.22. The van der Waals surface area contributed by atoms with Crippen molar-refractivity contribution in [1.82, 2.24) is 15.0 Å². The van der Waals surface area contributed by atoms with Gasteiger partial charge in [-0.3, -0.25) is 0 Å². The lowest BCUT2D eigenvalue weighted by Crippen LogP contribution is -1.93. The second kappa shape index (κ2) is 5.50. The van der Waals surface area contributed by atoms with Crippen LogP contribution in [0.3, 0.4) is 0 Å². The fraction of sp³-hybridized carbons (Fsp3) is 0.235. The zero-order valence-corrected chi connectivity index (χ0v) is 12.9. The third kappa shape index (κ3) is 2.37. The Balaban J connectivity index is 1.79. The Morgan fingerprint density at radius 3 is 2.73 bits per heavy atom. The van der Waals surface area contributed by atoms with Crippen LogP contribution >= 0.6 is 11.3 Å². The molecule has 1 fully saturated rings. The SMILES string of the molecule is COc1ccc(-c2ncsc2-c2n[c]ncc2C2CC2)cc1. The maximum absolute atomic E-state index is 5.22. The van der Waals surface area contributed by atoms with E-state index in [4.69, 9.17) is 4.74 Å². The van der Waals surface area contributed by atoms with E-state index >= 15 is 0 Å². The van der Waals surface area contributed by atoms with Crippen LogP contribution in [-0.2, 0) is 0 Å². The molecule has 4 nitrogen and oxygen atoms in total. The van der Waals surface area contributed by atoms with E-state index in [1.165, 1.54) is 18.4 Å². The Labute approximate surface area is 132 Å². The Kier molecular flexibility index (Phi) is 3.35. The van der Waals surface area contributed by atoms with Crippen LogP contribution in [0.5, 0.6) is 5.75 Å². The molecule has 1 aromatic carbocycles. The highest BCUT2D eigenvalue weighted by Gasteiger charge is 2.29. The first-order valence-electron chi connectivity index (χ1n) is 7.18. The van der Waals surface area contributed by atoms with Gasteiger partial charge in [0, 0.05) is 17.3 Å². The number of nitrogens with zero attached hydrogens (tertiary/aromatic N) is 3. The predicted molar refractivity (Wildman–Crippen MR) is 85.9 cm³/mol. The third-order valence-electron chi connectivity index (χ3n) is 3.86. The summed E-state index contributed by atoms with van der Waals surface area (Å²) in [6.07, 6.45) is 7.07. The van der Waals surface area contributed by atoms with E-state index in [2.05, 4.69) is 21.3 Å². The van der Waals surface area contributed by atoms with Crippen molar-refractivity contribution in [3.05, 3.63) is 47.9 Å². The maximum Gasteiger partial charge on any atom is 0.198 e. The molecule has 0 unspecified atom stereocenters. The molecule has 5 heteroatoms.